The molecule has 1 aromatic carbocycles. The molecule has 0 bridgehead atoms. The van der Waals surface area contributed by atoms with Gasteiger partial charge in [-0.05, 0) is 30.5 Å². The van der Waals surface area contributed by atoms with Crippen LogP contribution in [0, 0.1) is 0 Å². The lowest BCUT2D eigenvalue weighted by Crippen LogP contribution is -2.22. The minimum atomic E-state index is -0.200. The Morgan fingerprint density at radius 3 is 2.75 bits per heavy atom. The van der Waals surface area contributed by atoms with Gasteiger partial charge in [-0.15, -0.1) is 0 Å². The number of aliphatic hydroxyl groups is 1. The average molecular weight is 220 g/mol. The van der Waals surface area contributed by atoms with Gasteiger partial charge in [-0.1, -0.05) is 18.9 Å². The molecule has 0 unspecified atom stereocenters. The van der Waals surface area contributed by atoms with Crippen LogP contribution in [0.15, 0.2) is 18.2 Å². The molecule has 1 heterocycles. The lowest BCUT2D eigenvalue weighted by atomic mass is 9.82. The van der Waals surface area contributed by atoms with Gasteiger partial charge in [0, 0.05) is 5.92 Å². The fraction of sp³-hybridized carbons (Fsp3) is 0.538. The zero-order chi connectivity index (χ0) is 11.0. The summed E-state index contributed by atoms with van der Waals surface area (Å²) in [6.45, 7) is 0.312. The highest BCUT2D eigenvalue weighted by atomic mass is 16.7. The molecule has 16 heavy (non-hydrogen) atoms. The minimum Gasteiger partial charge on any atom is -0.454 e. The molecule has 1 aliphatic heterocycles. The molecule has 1 saturated carbocycles. The van der Waals surface area contributed by atoms with Crippen LogP contribution >= 0.6 is 0 Å². The first-order valence-corrected chi connectivity index (χ1v) is 5.92. The van der Waals surface area contributed by atoms with Gasteiger partial charge in [-0.2, -0.15) is 0 Å². The van der Waals surface area contributed by atoms with Gasteiger partial charge < -0.3 is 14.6 Å². The molecule has 1 aromatic rings. The van der Waals surface area contributed by atoms with Gasteiger partial charge in [0.05, 0.1) is 6.10 Å². The van der Waals surface area contributed by atoms with Gasteiger partial charge >= 0.3 is 0 Å². The molecule has 1 aliphatic carbocycles. The van der Waals surface area contributed by atoms with E-state index in [1.807, 2.05) is 18.2 Å². The maximum Gasteiger partial charge on any atom is 0.231 e. The van der Waals surface area contributed by atoms with Crippen LogP contribution in [0.2, 0.25) is 0 Å². The number of aliphatic hydroxyl groups excluding tert-OH is 1. The van der Waals surface area contributed by atoms with Crippen LogP contribution in [0.3, 0.4) is 0 Å². The first-order chi connectivity index (χ1) is 7.84. The molecule has 3 rings (SSSR count). The normalized spacial score (nSPS) is 28.1. The second-order valence-corrected chi connectivity index (χ2v) is 4.57. The standard InChI is InChI=1S/C13H16O3/c14-11-4-2-1-3-10(11)9-5-6-12-13(7-9)16-8-15-12/h5-7,10-11,14H,1-4,8H2/t10-,11+/m0/s1. The molecule has 0 spiro atoms. The van der Waals surface area contributed by atoms with Crippen LogP contribution in [0.4, 0.5) is 0 Å². The highest BCUT2D eigenvalue weighted by molar-refractivity contribution is 5.45. The summed E-state index contributed by atoms with van der Waals surface area (Å²) in [5.74, 6) is 1.90. The largest absolute Gasteiger partial charge is 0.454 e. The molecule has 2 aliphatic rings. The Bertz CT molecular complexity index is 389. The van der Waals surface area contributed by atoms with Crippen molar-refractivity contribution < 1.29 is 14.6 Å². The van der Waals surface area contributed by atoms with Crippen LogP contribution in [0.5, 0.6) is 11.5 Å². The highest BCUT2D eigenvalue weighted by Gasteiger charge is 2.26. The van der Waals surface area contributed by atoms with Crippen molar-refractivity contribution in [2.75, 3.05) is 6.79 Å². The van der Waals surface area contributed by atoms with Crippen molar-refractivity contribution in [2.24, 2.45) is 0 Å². The zero-order valence-corrected chi connectivity index (χ0v) is 9.19. The lowest BCUT2D eigenvalue weighted by Gasteiger charge is -2.27. The summed E-state index contributed by atoms with van der Waals surface area (Å²) in [7, 11) is 0. The second kappa shape index (κ2) is 3.98. The average Bonchev–Trinajstić information content (AvgIpc) is 2.76. The molecule has 1 N–H and O–H groups in total. The summed E-state index contributed by atoms with van der Waals surface area (Å²) in [6, 6.07) is 6.01. The number of benzene rings is 1. The Balaban J connectivity index is 1.88. The van der Waals surface area contributed by atoms with Gasteiger partial charge in [0.25, 0.3) is 0 Å². The quantitative estimate of drug-likeness (QED) is 0.790. The van der Waals surface area contributed by atoms with Crippen molar-refractivity contribution in [3.05, 3.63) is 23.8 Å². The molecule has 3 nitrogen and oxygen atoms in total. The van der Waals surface area contributed by atoms with E-state index in [4.69, 9.17) is 9.47 Å². The van der Waals surface area contributed by atoms with Gasteiger partial charge in [0.2, 0.25) is 6.79 Å². The Labute approximate surface area is 95.0 Å². The topological polar surface area (TPSA) is 38.7 Å². The maximum absolute atomic E-state index is 10.00. The van der Waals surface area contributed by atoms with Crippen molar-refractivity contribution >= 4 is 0 Å². The smallest absolute Gasteiger partial charge is 0.231 e. The van der Waals surface area contributed by atoms with Crippen LogP contribution in [-0.2, 0) is 0 Å². The van der Waals surface area contributed by atoms with E-state index in [9.17, 15) is 5.11 Å². The molecule has 2 atom stereocenters. The molecular weight excluding hydrogens is 204 g/mol. The molecule has 0 aromatic heterocycles. The van der Waals surface area contributed by atoms with E-state index in [2.05, 4.69) is 0 Å². The Morgan fingerprint density at radius 1 is 1.06 bits per heavy atom. The molecule has 0 radical (unpaired) electrons. The monoisotopic (exact) mass is 220 g/mol. The van der Waals surface area contributed by atoms with Crippen LogP contribution in [0.1, 0.15) is 37.2 Å². The molecule has 1 fully saturated rings. The van der Waals surface area contributed by atoms with E-state index in [0.29, 0.717) is 6.79 Å². The number of ether oxygens (including phenoxy) is 2. The summed E-state index contributed by atoms with van der Waals surface area (Å²) < 4.78 is 10.6. The number of rotatable bonds is 1. The highest BCUT2D eigenvalue weighted by Crippen LogP contribution is 2.39. The third-order valence-corrected chi connectivity index (χ3v) is 3.55. The van der Waals surface area contributed by atoms with Gasteiger partial charge in [0.1, 0.15) is 0 Å². The summed E-state index contributed by atoms with van der Waals surface area (Å²) >= 11 is 0. The molecule has 3 heteroatoms. The van der Waals surface area contributed by atoms with E-state index in [0.717, 1.165) is 30.8 Å². The van der Waals surface area contributed by atoms with Crippen molar-refractivity contribution in [3.8, 4) is 11.5 Å². The van der Waals surface area contributed by atoms with E-state index in [1.165, 1.54) is 12.0 Å². The van der Waals surface area contributed by atoms with E-state index in [-0.39, 0.29) is 12.0 Å². The van der Waals surface area contributed by atoms with Gasteiger partial charge in [-0.3, -0.25) is 0 Å². The summed E-state index contributed by atoms with van der Waals surface area (Å²) in [4.78, 5) is 0. The first-order valence-electron chi connectivity index (χ1n) is 5.92. The third-order valence-electron chi connectivity index (χ3n) is 3.55. The summed E-state index contributed by atoms with van der Waals surface area (Å²) in [5, 5.41) is 10.00. The van der Waals surface area contributed by atoms with Gasteiger partial charge in [0.15, 0.2) is 11.5 Å². The third kappa shape index (κ3) is 1.65. The maximum atomic E-state index is 10.00. The molecule has 0 saturated heterocycles. The fourth-order valence-corrected chi connectivity index (χ4v) is 2.64. The number of fused-ring (bicyclic) bond motifs is 1. The zero-order valence-electron chi connectivity index (χ0n) is 9.19. The Morgan fingerprint density at radius 2 is 1.88 bits per heavy atom. The Kier molecular flexibility index (Phi) is 2.48. The van der Waals surface area contributed by atoms with Crippen molar-refractivity contribution in [2.45, 2.75) is 37.7 Å². The number of hydrogen-bond acceptors (Lipinski definition) is 3. The van der Waals surface area contributed by atoms with Gasteiger partial charge in [-0.25, -0.2) is 0 Å². The van der Waals surface area contributed by atoms with Crippen molar-refractivity contribution in [3.63, 3.8) is 0 Å². The van der Waals surface area contributed by atoms with E-state index in [1.54, 1.807) is 0 Å². The second-order valence-electron chi connectivity index (χ2n) is 4.57. The first kappa shape index (κ1) is 9.97. The van der Waals surface area contributed by atoms with Crippen LogP contribution < -0.4 is 9.47 Å². The molecular formula is C13H16O3. The number of hydrogen-bond donors (Lipinski definition) is 1. The summed E-state index contributed by atoms with van der Waals surface area (Å²) in [5.41, 5.74) is 1.18. The fourth-order valence-electron chi connectivity index (χ4n) is 2.64. The summed E-state index contributed by atoms with van der Waals surface area (Å²) in [6.07, 6.45) is 4.13. The van der Waals surface area contributed by atoms with Crippen molar-refractivity contribution in [1.82, 2.24) is 0 Å². The van der Waals surface area contributed by atoms with E-state index >= 15 is 0 Å². The molecule has 86 valence electrons. The van der Waals surface area contributed by atoms with E-state index < -0.39 is 0 Å². The SMILES string of the molecule is O[C@@H]1CCCC[C@H]1c1ccc2c(c1)OCO2. The minimum absolute atomic E-state index is 0.200. The van der Waals surface area contributed by atoms with Crippen molar-refractivity contribution in [1.29, 1.82) is 0 Å². The molecule has 0 amide bonds. The Hall–Kier alpha value is -1.22. The van der Waals surface area contributed by atoms with Crippen LogP contribution in [-0.4, -0.2) is 18.0 Å². The lowest BCUT2D eigenvalue weighted by molar-refractivity contribution is 0.106. The predicted octanol–water partition coefficient (Wildman–Crippen LogP) is 2.43. The predicted molar refractivity (Wildman–Crippen MR) is 59.8 cm³/mol. The van der Waals surface area contributed by atoms with Crippen LogP contribution in [0.25, 0.3) is 0 Å².